The van der Waals surface area contributed by atoms with Crippen LogP contribution in [0.15, 0.2) is 24.3 Å². The third-order valence-corrected chi connectivity index (χ3v) is 2.38. The monoisotopic (exact) mass is 281 g/mol. The highest BCUT2D eigenvalue weighted by molar-refractivity contribution is 5.97. The van der Waals surface area contributed by atoms with Gasteiger partial charge in [0.25, 0.3) is 0 Å². The number of carbonyl (C=O) groups excluding carboxylic acids is 1. The van der Waals surface area contributed by atoms with Crippen molar-refractivity contribution in [3.63, 3.8) is 0 Å². The summed E-state index contributed by atoms with van der Waals surface area (Å²) in [4.78, 5) is 12.7. The fraction of sp³-hybridized carbons (Fsp3) is 0.417. The van der Waals surface area contributed by atoms with E-state index < -0.39 is 17.5 Å². The van der Waals surface area contributed by atoms with E-state index in [1.54, 1.807) is 0 Å². The zero-order valence-corrected chi connectivity index (χ0v) is 10.9. The standard InChI is InChI=1S/C12H14F3NO.ClH/c1-16(2)8-7-11(17)9-5-3-4-6-10(9)12(13,14)15;/h3-6H,7-8H2,1-2H3;1H. The maximum absolute atomic E-state index is 12.7. The van der Waals surface area contributed by atoms with E-state index in [4.69, 9.17) is 0 Å². The molecule has 0 aliphatic carbocycles. The molecule has 0 aliphatic heterocycles. The Labute approximate surface area is 110 Å². The third-order valence-electron chi connectivity index (χ3n) is 2.38. The molecule has 1 rings (SSSR count). The van der Waals surface area contributed by atoms with Crippen molar-refractivity contribution in [3.8, 4) is 0 Å². The van der Waals surface area contributed by atoms with Crippen LogP contribution in [0.25, 0.3) is 0 Å². The van der Waals surface area contributed by atoms with E-state index in [0.29, 0.717) is 6.54 Å². The van der Waals surface area contributed by atoms with Crippen LogP contribution < -0.4 is 17.3 Å². The molecule has 0 heterocycles. The van der Waals surface area contributed by atoms with E-state index in [-0.39, 0.29) is 24.4 Å². The number of hydrogen-bond acceptors (Lipinski definition) is 1. The maximum Gasteiger partial charge on any atom is 0.417 e. The third kappa shape index (κ3) is 4.66. The van der Waals surface area contributed by atoms with Crippen LogP contribution in [0, 0.1) is 0 Å². The molecule has 0 atom stereocenters. The Kier molecular flexibility index (Phi) is 6.35. The van der Waals surface area contributed by atoms with Gasteiger partial charge in [-0.05, 0) is 6.07 Å². The Hall–Kier alpha value is -1.07. The molecule has 0 radical (unpaired) electrons. The SMILES string of the molecule is C[NH+](C)CCC(=O)c1ccccc1C(F)(F)F.[Cl-]. The van der Waals surface area contributed by atoms with E-state index in [0.717, 1.165) is 11.0 Å². The van der Waals surface area contributed by atoms with Gasteiger partial charge in [0.2, 0.25) is 0 Å². The molecule has 1 aromatic rings. The number of nitrogens with one attached hydrogen (secondary N) is 1. The Balaban J connectivity index is 0.00000289. The molecule has 0 amide bonds. The Morgan fingerprint density at radius 1 is 1.22 bits per heavy atom. The molecule has 0 unspecified atom stereocenters. The lowest BCUT2D eigenvalue weighted by molar-refractivity contribution is -0.857. The number of carbonyl (C=O) groups is 1. The summed E-state index contributed by atoms with van der Waals surface area (Å²) in [6.07, 6.45) is -4.35. The van der Waals surface area contributed by atoms with Crippen LogP contribution >= 0.6 is 0 Å². The number of halogens is 4. The van der Waals surface area contributed by atoms with Crippen LogP contribution in [0.3, 0.4) is 0 Å². The van der Waals surface area contributed by atoms with Gasteiger partial charge in [0, 0.05) is 5.56 Å². The number of rotatable bonds is 4. The van der Waals surface area contributed by atoms with Gasteiger partial charge < -0.3 is 17.3 Å². The first-order valence-corrected chi connectivity index (χ1v) is 5.31. The molecule has 1 aromatic carbocycles. The van der Waals surface area contributed by atoms with E-state index in [1.165, 1.54) is 18.2 Å². The fourth-order valence-electron chi connectivity index (χ4n) is 1.47. The molecule has 1 N–H and O–H groups in total. The van der Waals surface area contributed by atoms with E-state index in [2.05, 4.69) is 0 Å². The van der Waals surface area contributed by atoms with Gasteiger partial charge in [-0.3, -0.25) is 4.79 Å². The van der Waals surface area contributed by atoms with Crippen molar-refractivity contribution in [2.45, 2.75) is 12.6 Å². The minimum atomic E-state index is -4.47. The van der Waals surface area contributed by atoms with Crippen molar-refractivity contribution in [2.75, 3.05) is 20.6 Å². The van der Waals surface area contributed by atoms with E-state index >= 15 is 0 Å². The van der Waals surface area contributed by atoms with Gasteiger partial charge >= 0.3 is 6.18 Å². The summed E-state index contributed by atoms with van der Waals surface area (Å²) >= 11 is 0. The summed E-state index contributed by atoms with van der Waals surface area (Å²) < 4.78 is 38.0. The van der Waals surface area contributed by atoms with Crippen LogP contribution in [-0.4, -0.2) is 26.4 Å². The molecule has 18 heavy (non-hydrogen) atoms. The summed E-state index contributed by atoms with van der Waals surface area (Å²) in [6.45, 7) is 0.519. The topological polar surface area (TPSA) is 21.5 Å². The van der Waals surface area contributed by atoms with Gasteiger partial charge in [0.1, 0.15) is 0 Å². The molecule has 0 fully saturated rings. The fourth-order valence-corrected chi connectivity index (χ4v) is 1.47. The molecule has 2 nitrogen and oxygen atoms in total. The first-order valence-electron chi connectivity index (χ1n) is 5.31. The lowest BCUT2D eigenvalue weighted by atomic mass is 10.0. The average Bonchev–Trinajstić information content (AvgIpc) is 2.24. The number of benzene rings is 1. The van der Waals surface area contributed by atoms with Gasteiger partial charge in [0.15, 0.2) is 5.78 Å². The zero-order valence-electron chi connectivity index (χ0n) is 10.1. The molecule has 0 saturated carbocycles. The second-order valence-electron chi connectivity index (χ2n) is 4.17. The average molecular weight is 282 g/mol. The number of alkyl halides is 3. The van der Waals surface area contributed by atoms with Crippen LogP contribution in [0.2, 0.25) is 0 Å². The lowest BCUT2D eigenvalue weighted by Crippen LogP contribution is -3.05. The lowest BCUT2D eigenvalue weighted by Gasteiger charge is -2.12. The van der Waals surface area contributed by atoms with Crippen molar-refractivity contribution in [1.82, 2.24) is 0 Å². The molecular weight excluding hydrogens is 267 g/mol. The van der Waals surface area contributed by atoms with Gasteiger partial charge in [-0.25, -0.2) is 0 Å². The van der Waals surface area contributed by atoms with Gasteiger partial charge in [-0.1, -0.05) is 18.2 Å². The first kappa shape index (κ1) is 16.9. The second-order valence-corrected chi connectivity index (χ2v) is 4.17. The number of hydrogen-bond donors (Lipinski definition) is 1. The summed E-state index contributed by atoms with van der Waals surface area (Å²) in [5.41, 5.74) is -1.08. The summed E-state index contributed by atoms with van der Waals surface area (Å²) in [5.74, 6) is -0.459. The Morgan fingerprint density at radius 3 is 2.28 bits per heavy atom. The molecule has 102 valence electrons. The summed E-state index contributed by atoms with van der Waals surface area (Å²) in [7, 11) is 3.70. The van der Waals surface area contributed by atoms with Crippen molar-refractivity contribution >= 4 is 5.78 Å². The zero-order chi connectivity index (χ0) is 13.1. The van der Waals surface area contributed by atoms with Gasteiger partial charge in [0.05, 0.1) is 32.6 Å². The highest BCUT2D eigenvalue weighted by Gasteiger charge is 2.34. The summed E-state index contributed by atoms with van der Waals surface area (Å²) in [6, 6.07) is 4.91. The largest absolute Gasteiger partial charge is 1.00 e. The molecule has 0 bridgehead atoms. The minimum Gasteiger partial charge on any atom is -1.00 e. The predicted molar refractivity (Wildman–Crippen MR) is 58.1 cm³/mol. The highest BCUT2D eigenvalue weighted by Crippen LogP contribution is 2.32. The second kappa shape index (κ2) is 6.75. The van der Waals surface area contributed by atoms with Crippen LogP contribution in [-0.2, 0) is 6.18 Å². The molecule has 0 saturated heterocycles. The maximum atomic E-state index is 12.7. The van der Waals surface area contributed by atoms with Gasteiger partial charge in [-0.2, -0.15) is 13.2 Å². The quantitative estimate of drug-likeness (QED) is 0.662. The van der Waals surface area contributed by atoms with Crippen molar-refractivity contribution in [3.05, 3.63) is 35.4 Å². The molecule has 0 aromatic heterocycles. The molecular formula is C12H15ClF3NO. The van der Waals surface area contributed by atoms with Crippen molar-refractivity contribution < 1.29 is 35.3 Å². The minimum absolute atomic E-state index is 0. The van der Waals surface area contributed by atoms with Gasteiger partial charge in [-0.15, -0.1) is 0 Å². The molecule has 0 spiro atoms. The van der Waals surface area contributed by atoms with E-state index in [1.807, 2.05) is 14.1 Å². The molecule has 0 aliphatic rings. The summed E-state index contributed by atoms with van der Waals surface area (Å²) in [5, 5.41) is 0. The van der Waals surface area contributed by atoms with Crippen LogP contribution in [0.1, 0.15) is 22.3 Å². The van der Waals surface area contributed by atoms with Crippen molar-refractivity contribution in [1.29, 1.82) is 0 Å². The number of quaternary nitrogens is 1. The molecule has 6 heteroatoms. The first-order chi connectivity index (χ1) is 7.82. The Bertz CT molecular complexity index is 405. The predicted octanol–water partition coefficient (Wildman–Crippen LogP) is -1.57. The highest BCUT2D eigenvalue weighted by atomic mass is 35.5. The smallest absolute Gasteiger partial charge is 0.417 e. The Morgan fingerprint density at radius 2 is 1.78 bits per heavy atom. The van der Waals surface area contributed by atoms with E-state index in [9.17, 15) is 18.0 Å². The number of ketones is 1. The van der Waals surface area contributed by atoms with Crippen LogP contribution in [0.4, 0.5) is 13.2 Å². The normalized spacial score (nSPS) is 11.2. The number of Topliss-reactive ketones (excluding diaryl/α,β-unsaturated/α-hetero) is 1. The van der Waals surface area contributed by atoms with Crippen LogP contribution in [0.5, 0.6) is 0 Å². The van der Waals surface area contributed by atoms with Crippen molar-refractivity contribution in [2.24, 2.45) is 0 Å².